The summed E-state index contributed by atoms with van der Waals surface area (Å²) in [6.45, 7) is 2.03. The van der Waals surface area contributed by atoms with Gasteiger partial charge in [0, 0.05) is 0 Å². The molecule has 0 saturated carbocycles. The number of methoxy groups -OCH3 is 1. The van der Waals surface area contributed by atoms with Gasteiger partial charge in [0.15, 0.2) is 0 Å². The van der Waals surface area contributed by atoms with Crippen LogP contribution < -0.4 is 4.74 Å². The van der Waals surface area contributed by atoms with Crippen LogP contribution in [0.5, 0.6) is 5.75 Å². The van der Waals surface area contributed by atoms with Crippen molar-refractivity contribution < 1.29 is 4.74 Å². The molecule has 2 rings (SSSR count). The summed E-state index contributed by atoms with van der Waals surface area (Å²) < 4.78 is 5.19. The molecule has 76 valence electrons. The Morgan fingerprint density at radius 3 is 2.47 bits per heavy atom. The Bertz CT molecular complexity index is 498. The number of hydrogen-bond donors (Lipinski definition) is 0. The highest BCUT2D eigenvalue weighted by molar-refractivity contribution is 5.86. The molecule has 0 aliphatic rings. The summed E-state index contributed by atoms with van der Waals surface area (Å²) in [5.41, 5.74) is 1.23. The van der Waals surface area contributed by atoms with E-state index in [1.54, 1.807) is 7.11 Å². The predicted molar refractivity (Wildman–Crippen MR) is 65.2 cm³/mol. The number of fused-ring (bicyclic) bond motifs is 1. The van der Waals surface area contributed by atoms with Gasteiger partial charge in [-0.3, -0.25) is 0 Å². The lowest BCUT2D eigenvalue weighted by molar-refractivity contribution is 0.415. The molecule has 1 heteroatoms. The minimum atomic E-state index is 0.904. The summed E-state index contributed by atoms with van der Waals surface area (Å²) in [5.74, 6) is 0.904. The monoisotopic (exact) mass is 198 g/mol. The maximum atomic E-state index is 5.19. The van der Waals surface area contributed by atoms with Gasteiger partial charge in [0.1, 0.15) is 5.75 Å². The first-order valence-corrected chi connectivity index (χ1v) is 5.04. The lowest BCUT2D eigenvalue weighted by Gasteiger charge is -2.03. The van der Waals surface area contributed by atoms with E-state index in [0.717, 1.165) is 5.75 Å². The maximum Gasteiger partial charge on any atom is 0.119 e. The summed E-state index contributed by atoms with van der Waals surface area (Å²) in [5, 5.41) is 2.45. The van der Waals surface area contributed by atoms with Crippen molar-refractivity contribution in [1.82, 2.24) is 0 Å². The van der Waals surface area contributed by atoms with E-state index in [1.807, 2.05) is 19.1 Å². The lowest BCUT2D eigenvalue weighted by atomic mass is 10.1. The van der Waals surface area contributed by atoms with E-state index in [1.165, 1.54) is 16.3 Å². The molecule has 0 unspecified atom stereocenters. The van der Waals surface area contributed by atoms with Crippen LogP contribution in [0.3, 0.4) is 0 Å². The van der Waals surface area contributed by atoms with Gasteiger partial charge >= 0.3 is 0 Å². The van der Waals surface area contributed by atoms with Crippen LogP contribution in [-0.4, -0.2) is 7.11 Å². The van der Waals surface area contributed by atoms with E-state index < -0.39 is 0 Å². The average Bonchev–Trinajstić information content (AvgIpc) is 2.29. The molecule has 0 spiro atoms. The van der Waals surface area contributed by atoms with Gasteiger partial charge in [0.25, 0.3) is 0 Å². The molecule has 1 nitrogen and oxygen atoms in total. The molecule has 0 bridgehead atoms. The van der Waals surface area contributed by atoms with Crippen LogP contribution in [0.1, 0.15) is 12.5 Å². The van der Waals surface area contributed by atoms with Crippen LogP contribution in [-0.2, 0) is 0 Å². The van der Waals surface area contributed by atoms with Gasteiger partial charge in [-0.15, -0.1) is 0 Å². The Morgan fingerprint density at radius 2 is 1.73 bits per heavy atom. The fourth-order valence-electron chi connectivity index (χ4n) is 1.67. The molecule has 0 amide bonds. The van der Waals surface area contributed by atoms with Crippen molar-refractivity contribution >= 4 is 16.8 Å². The molecule has 0 N–H and O–H groups in total. The van der Waals surface area contributed by atoms with E-state index >= 15 is 0 Å². The zero-order valence-electron chi connectivity index (χ0n) is 9.03. The Kier molecular flexibility index (Phi) is 2.72. The second kappa shape index (κ2) is 4.18. The fraction of sp³-hybridized carbons (Fsp3) is 0.143. The highest BCUT2D eigenvalue weighted by Crippen LogP contribution is 2.22. The second-order valence-electron chi connectivity index (χ2n) is 3.47. The number of benzene rings is 2. The zero-order chi connectivity index (χ0) is 10.7. The SMILES string of the molecule is CC=Cc1ccc2cc(OC)ccc2c1. The molecule has 0 aliphatic carbocycles. The molecule has 0 radical (unpaired) electrons. The third kappa shape index (κ3) is 2.01. The van der Waals surface area contributed by atoms with Crippen LogP contribution in [0.15, 0.2) is 42.5 Å². The lowest BCUT2D eigenvalue weighted by Crippen LogP contribution is -1.82. The van der Waals surface area contributed by atoms with E-state index in [-0.39, 0.29) is 0 Å². The molecule has 0 heterocycles. The van der Waals surface area contributed by atoms with Crippen LogP contribution in [0.2, 0.25) is 0 Å². The van der Waals surface area contributed by atoms with Crippen molar-refractivity contribution in [3.05, 3.63) is 48.0 Å². The standard InChI is InChI=1S/C14H14O/c1-3-4-11-5-6-13-10-14(15-2)8-7-12(13)9-11/h3-10H,1-2H3. The molecular formula is C14H14O. The van der Waals surface area contributed by atoms with Crippen molar-refractivity contribution in [2.45, 2.75) is 6.92 Å². The molecule has 0 fully saturated rings. The Labute approximate surface area is 90.0 Å². The normalized spacial score (nSPS) is 11.1. The fourth-order valence-corrected chi connectivity index (χ4v) is 1.67. The molecular weight excluding hydrogens is 184 g/mol. The third-order valence-corrected chi connectivity index (χ3v) is 2.43. The predicted octanol–water partition coefficient (Wildman–Crippen LogP) is 3.88. The summed E-state index contributed by atoms with van der Waals surface area (Å²) in [6.07, 6.45) is 4.15. The van der Waals surface area contributed by atoms with E-state index in [9.17, 15) is 0 Å². The molecule has 0 aromatic heterocycles. The molecule has 0 atom stereocenters. The summed E-state index contributed by atoms with van der Waals surface area (Å²) in [4.78, 5) is 0. The Morgan fingerprint density at radius 1 is 1.00 bits per heavy atom. The minimum Gasteiger partial charge on any atom is -0.497 e. The van der Waals surface area contributed by atoms with Gasteiger partial charge in [-0.1, -0.05) is 30.4 Å². The van der Waals surface area contributed by atoms with Crippen LogP contribution >= 0.6 is 0 Å². The first-order chi connectivity index (χ1) is 7.33. The highest BCUT2D eigenvalue weighted by Gasteiger charge is 1.96. The average molecular weight is 198 g/mol. The van der Waals surface area contributed by atoms with Gasteiger partial charge in [0.05, 0.1) is 7.11 Å². The van der Waals surface area contributed by atoms with E-state index in [2.05, 4.69) is 36.4 Å². The Balaban J connectivity index is 2.54. The van der Waals surface area contributed by atoms with Gasteiger partial charge in [-0.25, -0.2) is 0 Å². The van der Waals surface area contributed by atoms with E-state index in [4.69, 9.17) is 4.74 Å². The number of rotatable bonds is 2. The summed E-state index contributed by atoms with van der Waals surface area (Å²) >= 11 is 0. The zero-order valence-corrected chi connectivity index (χ0v) is 9.03. The van der Waals surface area contributed by atoms with Crippen molar-refractivity contribution in [1.29, 1.82) is 0 Å². The Hall–Kier alpha value is -1.76. The minimum absolute atomic E-state index is 0.904. The third-order valence-electron chi connectivity index (χ3n) is 2.43. The smallest absolute Gasteiger partial charge is 0.119 e. The molecule has 0 saturated heterocycles. The first kappa shape index (κ1) is 9.78. The molecule has 0 aliphatic heterocycles. The molecule has 2 aromatic rings. The van der Waals surface area contributed by atoms with Crippen LogP contribution in [0, 0.1) is 0 Å². The van der Waals surface area contributed by atoms with Crippen molar-refractivity contribution in [3.63, 3.8) is 0 Å². The number of hydrogen-bond acceptors (Lipinski definition) is 1. The first-order valence-electron chi connectivity index (χ1n) is 5.04. The van der Waals surface area contributed by atoms with E-state index in [0.29, 0.717) is 0 Å². The van der Waals surface area contributed by atoms with Gasteiger partial charge in [-0.2, -0.15) is 0 Å². The largest absolute Gasteiger partial charge is 0.497 e. The number of ether oxygens (including phenoxy) is 1. The van der Waals surface area contributed by atoms with Crippen molar-refractivity contribution in [2.24, 2.45) is 0 Å². The molecule has 2 aromatic carbocycles. The van der Waals surface area contributed by atoms with Crippen LogP contribution in [0.25, 0.3) is 16.8 Å². The second-order valence-corrected chi connectivity index (χ2v) is 3.47. The topological polar surface area (TPSA) is 9.23 Å². The van der Waals surface area contributed by atoms with Crippen LogP contribution in [0.4, 0.5) is 0 Å². The summed E-state index contributed by atoms with van der Waals surface area (Å²) in [6, 6.07) is 12.5. The number of allylic oxidation sites excluding steroid dienone is 1. The van der Waals surface area contributed by atoms with Gasteiger partial charge in [-0.05, 0) is 41.5 Å². The van der Waals surface area contributed by atoms with Crippen molar-refractivity contribution in [3.8, 4) is 5.75 Å². The maximum absolute atomic E-state index is 5.19. The highest BCUT2D eigenvalue weighted by atomic mass is 16.5. The summed E-state index contributed by atoms with van der Waals surface area (Å²) in [7, 11) is 1.69. The van der Waals surface area contributed by atoms with Gasteiger partial charge < -0.3 is 4.74 Å². The quantitative estimate of drug-likeness (QED) is 0.711. The van der Waals surface area contributed by atoms with Crippen molar-refractivity contribution in [2.75, 3.05) is 7.11 Å². The van der Waals surface area contributed by atoms with Gasteiger partial charge in [0.2, 0.25) is 0 Å². The molecule has 15 heavy (non-hydrogen) atoms.